The molecule has 24 heavy (non-hydrogen) atoms. The van der Waals surface area contributed by atoms with Crippen molar-refractivity contribution >= 4 is 45.1 Å². The van der Waals surface area contributed by atoms with Crippen molar-refractivity contribution in [1.29, 1.82) is 0 Å². The average Bonchev–Trinajstić information content (AvgIpc) is 2.59. The third-order valence-corrected chi connectivity index (χ3v) is 4.49. The van der Waals surface area contributed by atoms with Crippen molar-refractivity contribution in [3.05, 3.63) is 52.0 Å². The monoisotopic (exact) mass is 430 g/mol. The van der Waals surface area contributed by atoms with E-state index >= 15 is 0 Å². The standard InChI is InChI=1S/C18H17BrCl2O3/c1-23-18(22)13-8-12(16-11-14(20)4-5-17(16)21)9-15(10-13)24-7-3-2-6-19/h4-5,8-11H,2-3,6-7H2,1H3. The molecule has 3 nitrogen and oxygen atoms in total. The largest absolute Gasteiger partial charge is 0.494 e. The summed E-state index contributed by atoms with van der Waals surface area (Å²) in [5.74, 6) is 0.166. The Hall–Kier alpha value is -1.23. The lowest BCUT2D eigenvalue weighted by molar-refractivity contribution is 0.0600. The van der Waals surface area contributed by atoms with Crippen LogP contribution < -0.4 is 4.74 Å². The van der Waals surface area contributed by atoms with Crippen molar-refractivity contribution in [1.82, 2.24) is 0 Å². The number of unbranched alkanes of at least 4 members (excludes halogenated alkanes) is 1. The lowest BCUT2D eigenvalue weighted by Gasteiger charge is -2.12. The molecule has 2 rings (SSSR count). The van der Waals surface area contributed by atoms with E-state index in [1.807, 2.05) is 6.07 Å². The number of hydrogen-bond donors (Lipinski definition) is 0. The first kappa shape index (κ1) is 19.1. The maximum absolute atomic E-state index is 11.9. The van der Waals surface area contributed by atoms with Crippen molar-refractivity contribution in [3.63, 3.8) is 0 Å². The Morgan fingerprint density at radius 1 is 1.12 bits per heavy atom. The number of benzene rings is 2. The zero-order chi connectivity index (χ0) is 17.5. The van der Waals surface area contributed by atoms with Gasteiger partial charge >= 0.3 is 5.97 Å². The quantitative estimate of drug-likeness (QED) is 0.306. The van der Waals surface area contributed by atoms with Crippen LogP contribution in [0.3, 0.4) is 0 Å². The summed E-state index contributed by atoms with van der Waals surface area (Å²) < 4.78 is 10.6. The van der Waals surface area contributed by atoms with E-state index in [4.69, 9.17) is 32.7 Å². The van der Waals surface area contributed by atoms with Crippen molar-refractivity contribution in [2.75, 3.05) is 19.0 Å². The van der Waals surface area contributed by atoms with Gasteiger partial charge in [-0.1, -0.05) is 39.1 Å². The zero-order valence-corrected chi connectivity index (χ0v) is 16.2. The van der Waals surface area contributed by atoms with Crippen molar-refractivity contribution < 1.29 is 14.3 Å². The topological polar surface area (TPSA) is 35.5 Å². The third kappa shape index (κ3) is 5.13. The summed E-state index contributed by atoms with van der Waals surface area (Å²) in [6, 6.07) is 10.4. The Morgan fingerprint density at radius 3 is 2.62 bits per heavy atom. The molecule has 0 radical (unpaired) electrons. The normalized spacial score (nSPS) is 10.5. The summed E-state index contributed by atoms with van der Waals surface area (Å²) in [7, 11) is 1.35. The van der Waals surface area contributed by atoms with Gasteiger partial charge in [0.2, 0.25) is 0 Å². The highest BCUT2D eigenvalue weighted by Crippen LogP contribution is 2.33. The number of carbonyl (C=O) groups excluding carboxylic acids is 1. The van der Waals surface area contributed by atoms with Crippen molar-refractivity contribution in [2.24, 2.45) is 0 Å². The van der Waals surface area contributed by atoms with Crippen molar-refractivity contribution in [3.8, 4) is 16.9 Å². The van der Waals surface area contributed by atoms with Gasteiger partial charge in [-0.15, -0.1) is 0 Å². The van der Waals surface area contributed by atoms with Crippen LogP contribution >= 0.6 is 39.1 Å². The molecule has 2 aromatic carbocycles. The van der Waals surface area contributed by atoms with E-state index in [0.717, 1.165) is 29.3 Å². The fourth-order valence-electron chi connectivity index (χ4n) is 2.18. The molecule has 2 aromatic rings. The fraction of sp³-hybridized carbons (Fsp3) is 0.278. The molecule has 0 aliphatic carbocycles. The van der Waals surface area contributed by atoms with Gasteiger partial charge in [-0.2, -0.15) is 0 Å². The SMILES string of the molecule is COC(=O)c1cc(OCCCCBr)cc(-c2cc(Cl)ccc2Cl)c1. The third-order valence-electron chi connectivity index (χ3n) is 3.36. The highest BCUT2D eigenvalue weighted by atomic mass is 79.9. The zero-order valence-electron chi connectivity index (χ0n) is 13.2. The minimum atomic E-state index is -0.430. The Morgan fingerprint density at radius 2 is 1.92 bits per heavy atom. The predicted octanol–water partition coefficient (Wildman–Crippen LogP) is 6.00. The molecule has 0 fully saturated rings. The van der Waals surface area contributed by atoms with Crippen LogP contribution in [0.15, 0.2) is 36.4 Å². The van der Waals surface area contributed by atoms with Crippen LogP contribution in [0.4, 0.5) is 0 Å². The molecule has 0 saturated heterocycles. The second-order valence-electron chi connectivity index (χ2n) is 5.11. The van der Waals surface area contributed by atoms with Gasteiger partial charge in [0, 0.05) is 20.9 Å². The van der Waals surface area contributed by atoms with Crippen molar-refractivity contribution in [2.45, 2.75) is 12.8 Å². The van der Waals surface area contributed by atoms with Crippen LogP contribution in [-0.2, 0) is 4.74 Å². The van der Waals surface area contributed by atoms with Gasteiger partial charge in [0.05, 0.1) is 19.3 Å². The molecule has 0 spiro atoms. The minimum Gasteiger partial charge on any atom is -0.494 e. The second-order valence-corrected chi connectivity index (χ2v) is 6.74. The fourth-order valence-corrected chi connectivity index (χ4v) is 2.97. The first-order valence-electron chi connectivity index (χ1n) is 7.42. The molecule has 0 aliphatic heterocycles. The molecule has 128 valence electrons. The molecule has 0 aromatic heterocycles. The first-order chi connectivity index (χ1) is 11.5. The van der Waals surface area contributed by atoms with Crippen LogP contribution in [0.2, 0.25) is 10.0 Å². The van der Waals surface area contributed by atoms with E-state index < -0.39 is 5.97 Å². The summed E-state index contributed by atoms with van der Waals surface area (Å²) in [4.78, 5) is 11.9. The minimum absolute atomic E-state index is 0.404. The van der Waals surface area contributed by atoms with E-state index in [9.17, 15) is 4.79 Å². The van der Waals surface area contributed by atoms with E-state index in [-0.39, 0.29) is 0 Å². The van der Waals surface area contributed by atoms with Crippen LogP contribution in [-0.4, -0.2) is 25.0 Å². The number of rotatable bonds is 7. The molecule has 0 N–H and O–H groups in total. The number of halogens is 3. The number of methoxy groups -OCH3 is 1. The molecule has 6 heteroatoms. The maximum atomic E-state index is 11.9. The van der Waals surface area contributed by atoms with E-state index in [0.29, 0.717) is 28.0 Å². The van der Waals surface area contributed by atoms with Gasteiger partial charge in [-0.05, 0) is 54.8 Å². The van der Waals surface area contributed by atoms with Crippen LogP contribution in [0, 0.1) is 0 Å². The molecule has 0 amide bonds. The van der Waals surface area contributed by atoms with E-state index in [1.54, 1.807) is 30.3 Å². The van der Waals surface area contributed by atoms with Crippen LogP contribution in [0.25, 0.3) is 11.1 Å². The number of carbonyl (C=O) groups is 1. The Kier molecular flexibility index (Phi) is 7.40. The molecule has 0 bridgehead atoms. The van der Waals surface area contributed by atoms with Gasteiger partial charge in [0.15, 0.2) is 0 Å². The van der Waals surface area contributed by atoms with Gasteiger partial charge < -0.3 is 9.47 Å². The summed E-state index contributed by atoms with van der Waals surface area (Å²) in [6.07, 6.45) is 1.94. The van der Waals surface area contributed by atoms with Crippen LogP contribution in [0.5, 0.6) is 5.75 Å². The molecule has 0 atom stereocenters. The summed E-state index contributed by atoms with van der Waals surface area (Å²) in [6.45, 7) is 0.568. The molecular formula is C18H17BrCl2O3. The maximum Gasteiger partial charge on any atom is 0.338 e. The predicted molar refractivity (Wildman–Crippen MR) is 102 cm³/mol. The lowest BCUT2D eigenvalue weighted by atomic mass is 10.0. The highest BCUT2D eigenvalue weighted by molar-refractivity contribution is 9.09. The average molecular weight is 432 g/mol. The van der Waals surface area contributed by atoms with E-state index in [2.05, 4.69) is 15.9 Å². The van der Waals surface area contributed by atoms with Gasteiger partial charge in [-0.3, -0.25) is 0 Å². The summed E-state index contributed by atoms with van der Waals surface area (Å²) >= 11 is 15.7. The Bertz CT molecular complexity index is 719. The molecule has 0 saturated carbocycles. The molecular weight excluding hydrogens is 415 g/mol. The lowest BCUT2D eigenvalue weighted by Crippen LogP contribution is -2.04. The Balaban J connectivity index is 2.38. The second kappa shape index (κ2) is 9.30. The Labute approximate surface area is 160 Å². The van der Waals surface area contributed by atoms with Crippen LogP contribution in [0.1, 0.15) is 23.2 Å². The molecule has 0 aliphatic rings. The smallest absolute Gasteiger partial charge is 0.338 e. The number of hydrogen-bond acceptors (Lipinski definition) is 3. The highest BCUT2D eigenvalue weighted by Gasteiger charge is 2.13. The molecule has 0 heterocycles. The van der Waals surface area contributed by atoms with Gasteiger partial charge in [-0.25, -0.2) is 4.79 Å². The first-order valence-corrected chi connectivity index (χ1v) is 9.30. The van der Waals surface area contributed by atoms with Gasteiger partial charge in [0.1, 0.15) is 5.75 Å². The number of alkyl halides is 1. The van der Waals surface area contributed by atoms with E-state index in [1.165, 1.54) is 7.11 Å². The molecule has 0 unspecified atom stereocenters. The summed E-state index contributed by atoms with van der Waals surface area (Å²) in [5, 5.41) is 2.05. The number of esters is 1. The number of ether oxygens (including phenoxy) is 2. The van der Waals surface area contributed by atoms with Gasteiger partial charge in [0.25, 0.3) is 0 Å². The summed E-state index contributed by atoms with van der Waals surface area (Å²) in [5.41, 5.74) is 1.89.